The number of amides is 3. The zero-order valence-corrected chi connectivity index (χ0v) is 14.9. The van der Waals surface area contributed by atoms with Gasteiger partial charge >= 0.3 is 6.03 Å². The summed E-state index contributed by atoms with van der Waals surface area (Å²) < 4.78 is 0. The number of non-ortho nitro benzene ring substituents is 1. The third kappa shape index (κ3) is 6.78. The smallest absolute Gasteiger partial charge is 0.332 e. The van der Waals surface area contributed by atoms with Crippen molar-refractivity contribution in [2.75, 3.05) is 16.8 Å². The van der Waals surface area contributed by atoms with E-state index in [-0.39, 0.29) is 23.1 Å². The van der Waals surface area contributed by atoms with E-state index >= 15 is 0 Å². The van der Waals surface area contributed by atoms with Gasteiger partial charge < -0.3 is 11.1 Å². The minimum absolute atomic E-state index is 0.105. The summed E-state index contributed by atoms with van der Waals surface area (Å²) in [5, 5.41) is 17.6. The number of benzene rings is 2. The van der Waals surface area contributed by atoms with Crippen LogP contribution in [0.3, 0.4) is 0 Å². The lowest BCUT2D eigenvalue weighted by Crippen LogP contribution is -2.26. The van der Waals surface area contributed by atoms with Gasteiger partial charge in [-0.2, -0.15) is 5.10 Å². The van der Waals surface area contributed by atoms with Gasteiger partial charge in [0.05, 0.1) is 16.4 Å². The number of urea groups is 1. The fourth-order valence-electron chi connectivity index (χ4n) is 2.06. The van der Waals surface area contributed by atoms with Gasteiger partial charge in [-0.3, -0.25) is 14.9 Å². The number of nitro groups is 1. The predicted octanol–water partition coefficient (Wildman–Crippen LogP) is 2.34. The van der Waals surface area contributed by atoms with Crippen molar-refractivity contribution < 1.29 is 14.5 Å². The molecular formula is C17H17N5O4S. The second kappa shape index (κ2) is 9.92. The van der Waals surface area contributed by atoms with Crippen LogP contribution in [0.15, 0.2) is 59.7 Å². The second-order valence-corrected chi connectivity index (χ2v) is 6.23. The molecule has 0 spiro atoms. The van der Waals surface area contributed by atoms with Gasteiger partial charge in [0.1, 0.15) is 0 Å². The van der Waals surface area contributed by atoms with Gasteiger partial charge in [-0.1, -0.05) is 30.3 Å². The number of thioether (sulfide) groups is 1. The number of para-hydroxylation sites is 1. The van der Waals surface area contributed by atoms with Crippen LogP contribution in [0.1, 0.15) is 5.56 Å². The van der Waals surface area contributed by atoms with Gasteiger partial charge in [0.25, 0.3) is 5.69 Å². The van der Waals surface area contributed by atoms with Crippen LogP contribution in [0.25, 0.3) is 0 Å². The maximum Gasteiger partial charge on any atom is 0.332 e. The number of nitro benzene ring substituents is 1. The highest BCUT2D eigenvalue weighted by Crippen LogP contribution is 2.16. The zero-order chi connectivity index (χ0) is 19.6. The van der Waals surface area contributed by atoms with E-state index in [4.69, 9.17) is 5.73 Å². The number of carbonyl (C=O) groups is 2. The number of rotatable bonds is 8. The first-order valence-electron chi connectivity index (χ1n) is 7.75. The topological polar surface area (TPSA) is 140 Å². The van der Waals surface area contributed by atoms with Crippen LogP contribution in [0.2, 0.25) is 0 Å². The molecule has 0 saturated heterocycles. The van der Waals surface area contributed by atoms with Gasteiger partial charge in [0, 0.05) is 29.1 Å². The molecule has 0 aliphatic heterocycles. The van der Waals surface area contributed by atoms with Gasteiger partial charge in [-0.15, -0.1) is 11.8 Å². The molecule has 10 heteroatoms. The molecule has 0 atom stereocenters. The molecule has 0 aromatic heterocycles. The van der Waals surface area contributed by atoms with Gasteiger partial charge in [0.2, 0.25) is 5.91 Å². The third-order valence-electron chi connectivity index (χ3n) is 3.22. The third-order valence-corrected chi connectivity index (χ3v) is 4.16. The lowest BCUT2D eigenvalue weighted by Gasteiger charge is -2.08. The average molecular weight is 387 g/mol. The van der Waals surface area contributed by atoms with Gasteiger partial charge in [-0.05, 0) is 12.1 Å². The maximum absolute atomic E-state index is 12.0. The molecule has 0 aliphatic rings. The number of hydrogen-bond acceptors (Lipinski definition) is 6. The van der Waals surface area contributed by atoms with E-state index in [1.165, 1.54) is 30.0 Å². The molecule has 0 bridgehead atoms. The highest BCUT2D eigenvalue weighted by molar-refractivity contribution is 8.00. The summed E-state index contributed by atoms with van der Waals surface area (Å²) in [6, 6.07) is 14.0. The standard InChI is InChI=1S/C17H17N5O4S/c18-17(24)21-20-15(12-5-4-8-14(9-12)22(25)26)10-27-11-16(23)19-13-6-2-1-3-7-13/h1-9H,10-11H2,(H,19,23)(H3,18,21,24)/b20-15-. The van der Waals surface area contributed by atoms with Crippen molar-refractivity contribution in [2.24, 2.45) is 10.8 Å². The maximum atomic E-state index is 12.0. The van der Waals surface area contributed by atoms with Gasteiger partial charge in [-0.25, -0.2) is 10.2 Å². The molecule has 9 nitrogen and oxygen atoms in total. The Morgan fingerprint density at radius 3 is 2.52 bits per heavy atom. The summed E-state index contributed by atoms with van der Waals surface area (Å²) in [4.78, 5) is 33.3. The van der Waals surface area contributed by atoms with Crippen molar-refractivity contribution in [1.29, 1.82) is 0 Å². The van der Waals surface area contributed by atoms with E-state index in [2.05, 4.69) is 15.8 Å². The number of nitrogens with one attached hydrogen (secondary N) is 2. The Bertz CT molecular complexity index is 857. The van der Waals surface area contributed by atoms with Crippen LogP contribution in [-0.2, 0) is 4.79 Å². The molecule has 4 N–H and O–H groups in total. The summed E-state index contributed by atoms with van der Waals surface area (Å²) in [5.41, 5.74) is 8.53. The van der Waals surface area contributed by atoms with Crippen LogP contribution in [-0.4, -0.2) is 34.1 Å². The molecule has 27 heavy (non-hydrogen) atoms. The van der Waals surface area contributed by atoms with Crippen molar-refractivity contribution in [3.05, 3.63) is 70.3 Å². The van der Waals surface area contributed by atoms with E-state index in [0.29, 0.717) is 17.0 Å². The number of primary amides is 1. The molecule has 2 aromatic rings. The molecule has 3 amide bonds. The lowest BCUT2D eigenvalue weighted by molar-refractivity contribution is -0.384. The highest BCUT2D eigenvalue weighted by Gasteiger charge is 2.12. The van der Waals surface area contributed by atoms with Crippen molar-refractivity contribution in [1.82, 2.24) is 5.43 Å². The summed E-state index contributed by atoms with van der Waals surface area (Å²) in [7, 11) is 0. The molecule has 140 valence electrons. The summed E-state index contributed by atoms with van der Waals surface area (Å²) >= 11 is 1.24. The molecule has 0 unspecified atom stereocenters. The highest BCUT2D eigenvalue weighted by atomic mass is 32.2. The van der Waals surface area contributed by atoms with E-state index in [0.717, 1.165) is 0 Å². The molecular weight excluding hydrogens is 370 g/mol. The van der Waals surface area contributed by atoms with Crippen LogP contribution >= 0.6 is 11.8 Å². The zero-order valence-electron chi connectivity index (χ0n) is 14.1. The van der Waals surface area contributed by atoms with E-state index in [9.17, 15) is 19.7 Å². The Morgan fingerprint density at radius 1 is 1.11 bits per heavy atom. The van der Waals surface area contributed by atoms with Crippen molar-refractivity contribution in [3.8, 4) is 0 Å². The monoisotopic (exact) mass is 387 g/mol. The van der Waals surface area contributed by atoms with Crippen molar-refractivity contribution >= 4 is 40.8 Å². The SMILES string of the molecule is NC(=O)N/N=C(/CSCC(=O)Nc1ccccc1)c1cccc([N+](=O)[O-])c1. The Hall–Kier alpha value is -3.40. The quantitative estimate of drug-likeness (QED) is 0.362. The van der Waals surface area contributed by atoms with Crippen LogP contribution in [0.4, 0.5) is 16.2 Å². The Balaban J connectivity index is 2.01. The Morgan fingerprint density at radius 2 is 1.85 bits per heavy atom. The molecule has 0 aliphatic carbocycles. The van der Waals surface area contributed by atoms with Crippen LogP contribution in [0, 0.1) is 10.1 Å². The number of anilines is 1. The number of nitrogens with two attached hydrogens (primary N) is 1. The summed E-state index contributed by atoms with van der Waals surface area (Å²) in [5.74, 6) is 0.177. The molecule has 0 radical (unpaired) electrons. The van der Waals surface area contributed by atoms with Crippen molar-refractivity contribution in [2.45, 2.75) is 0 Å². The minimum atomic E-state index is -0.857. The predicted molar refractivity (Wildman–Crippen MR) is 105 cm³/mol. The normalized spacial score (nSPS) is 10.9. The molecule has 2 aromatic carbocycles. The van der Waals surface area contributed by atoms with E-state index in [1.807, 2.05) is 18.2 Å². The fraction of sp³-hybridized carbons (Fsp3) is 0.118. The average Bonchev–Trinajstić information content (AvgIpc) is 2.65. The second-order valence-electron chi connectivity index (χ2n) is 5.25. The van der Waals surface area contributed by atoms with Crippen molar-refractivity contribution in [3.63, 3.8) is 0 Å². The first-order valence-corrected chi connectivity index (χ1v) is 8.90. The molecule has 0 saturated carbocycles. The Kier molecular flexibility index (Phi) is 7.32. The Labute approximate surface area is 159 Å². The van der Waals surface area contributed by atoms with E-state index in [1.54, 1.807) is 18.2 Å². The summed E-state index contributed by atoms with van der Waals surface area (Å²) in [6.45, 7) is 0. The number of hydrazone groups is 1. The first-order chi connectivity index (χ1) is 13.0. The fourth-order valence-corrected chi connectivity index (χ4v) is 2.84. The van der Waals surface area contributed by atoms with Crippen LogP contribution < -0.4 is 16.5 Å². The van der Waals surface area contributed by atoms with E-state index < -0.39 is 11.0 Å². The lowest BCUT2D eigenvalue weighted by atomic mass is 10.1. The number of nitrogens with zero attached hydrogens (tertiary/aromatic N) is 2. The minimum Gasteiger partial charge on any atom is -0.350 e. The molecule has 2 rings (SSSR count). The largest absolute Gasteiger partial charge is 0.350 e. The summed E-state index contributed by atoms with van der Waals surface area (Å²) in [6.07, 6.45) is 0. The van der Waals surface area contributed by atoms with Crippen LogP contribution in [0.5, 0.6) is 0 Å². The number of hydrogen-bond donors (Lipinski definition) is 3. The first kappa shape index (κ1) is 19.9. The van der Waals surface area contributed by atoms with Gasteiger partial charge in [0.15, 0.2) is 0 Å². The molecule has 0 fully saturated rings. The number of carbonyl (C=O) groups excluding carboxylic acids is 2. The molecule has 0 heterocycles.